The Hall–Kier alpha value is -1.59. The van der Waals surface area contributed by atoms with Crippen molar-refractivity contribution in [2.75, 3.05) is 26.2 Å². The number of rotatable bonds is 5. The van der Waals surface area contributed by atoms with Crippen LogP contribution in [-0.2, 0) is 0 Å². The molecule has 1 heterocycles. The van der Waals surface area contributed by atoms with E-state index >= 15 is 0 Å². The fraction of sp³-hybridized carbons (Fsp3) is 0.500. The molecule has 1 aliphatic rings. The lowest BCUT2D eigenvalue weighted by atomic mass is 10.2. The maximum Gasteiger partial charge on any atom is 0.265 e. The van der Waals surface area contributed by atoms with Crippen LogP contribution in [0.1, 0.15) is 23.7 Å². The molecule has 1 unspecified atom stereocenters. The Labute approximate surface area is 113 Å². The maximum atomic E-state index is 11.4. The average molecular weight is 263 g/mol. The third-order valence-corrected chi connectivity index (χ3v) is 3.41. The highest BCUT2D eigenvalue weighted by molar-refractivity contribution is 5.94. The van der Waals surface area contributed by atoms with Crippen molar-refractivity contribution in [3.63, 3.8) is 0 Å². The number of nitrogens with zero attached hydrogens (tertiary/aromatic N) is 1. The number of carbonyl (C=O) groups is 1. The van der Waals surface area contributed by atoms with E-state index in [4.69, 9.17) is 10.6 Å². The molecule has 0 saturated carbocycles. The van der Waals surface area contributed by atoms with Gasteiger partial charge in [0.2, 0.25) is 0 Å². The Morgan fingerprint density at radius 1 is 1.58 bits per heavy atom. The van der Waals surface area contributed by atoms with Crippen LogP contribution in [0, 0.1) is 5.92 Å². The topological polar surface area (TPSA) is 67.6 Å². The molecule has 1 aliphatic heterocycles. The van der Waals surface area contributed by atoms with E-state index < -0.39 is 0 Å². The molecule has 1 atom stereocenters. The largest absolute Gasteiger partial charge is 0.492 e. The van der Waals surface area contributed by atoms with E-state index in [2.05, 4.69) is 17.2 Å². The van der Waals surface area contributed by atoms with Crippen molar-refractivity contribution >= 4 is 5.91 Å². The molecule has 1 fully saturated rings. The molecule has 5 heteroatoms. The third kappa shape index (κ3) is 3.94. The van der Waals surface area contributed by atoms with Crippen molar-refractivity contribution in [3.05, 3.63) is 29.8 Å². The fourth-order valence-electron chi connectivity index (χ4n) is 2.33. The number of hydrogen-bond donors (Lipinski definition) is 2. The van der Waals surface area contributed by atoms with E-state index in [9.17, 15) is 4.79 Å². The van der Waals surface area contributed by atoms with Crippen molar-refractivity contribution in [3.8, 4) is 5.75 Å². The van der Waals surface area contributed by atoms with Gasteiger partial charge in [0.25, 0.3) is 5.91 Å². The molecule has 2 rings (SSSR count). The Morgan fingerprint density at radius 2 is 2.42 bits per heavy atom. The quantitative estimate of drug-likeness (QED) is 0.473. The maximum absolute atomic E-state index is 11.4. The van der Waals surface area contributed by atoms with Crippen molar-refractivity contribution < 1.29 is 9.53 Å². The molecule has 0 aromatic heterocycles. The van der Waals surface area contributed by atoms with Gasteiger partial charge in [-0.15, -0.1) is 0 Å². The monoisotopic (exact) mass is 263 g/mol. The first-order valence-electron chi connectivity index (χ1n) is 6.65. The molecule has 1 aromatic rings. The average Bonchev–Trinajstić information content (AvgIpc) is 2.84. The Balaban J connectivity index is 1.81. The van der Waals surface area contributed by atoms with Gasteiger partial charge in [-0.3, -0.25) is 15.1 Å². The van der Waals surface area contributed by atoms with Crippen LogP contribution in [-0.4, -0.2) is 37.0 Å². The summed E-state index contributed by atoms with van der Waals surface area (Å²) in [5, 5.41) is 0. The molecular weight excluding hydrogens is 242 g/mol. The zero-order valence-corrected chi connectivity index (χ0v) is 11.3. The summed E-state index contributed by atoms with van der Waals surface area (Å²) in [6.07, 6.45) is 1.27. The summed E-state index contributed by atoms with van der Waals surface area (Å²) >= 11 is 0. The summed E-state index contributed by atoms with van der Waals surface area (Å²) in [5.41, 5.74) is 2.62. The van der Waals surface area contributed by atoms with Crippen LogP contribution in [0.2, 0.25) is 0 Å². The van der Waals surface area contributed by atoms with Gasteiger partial charge in [-0.2, -0.15) is 0 Å². The lowest BCUT2D eigenvalue weighted by Gasteiger charge is -2.15. The molecule has 3 N–H and O–H groups in total. The van der Waals surface area contributed by atoms with Crippen molar-refractivity contribution in [2.24, 2.45) is 11.8 Å². The molecule has 5 nitrogen and oxygen atoms in total. The number of ether oxygens (including phenoxy) is 1. The molecule has 1 saturated heterocycles. The molecule has 0 bridgehead atoms. The van der Waals surface area contributed by atoms with Gasteiger partial charge in [-0.1, -0.05) is 13.0 Å². The highest BCUT2D eigenvalue weighted by atomic mass is 16.5. The van der Waals surface area contributed by atoms with Gasteiger partial charge in [0.15, 0.2) is 0 Å². The zero-order chi connectivity index (χ0) is 13.7. The number of amides is 1. The second-order valence-corrected chi connectivity index (χ2v) is 5.04. The number of hydrazine groups is 1. The highest BCUT2D eigenvalue weighted by Crippen LogP contribution is 2.16. The summed E-state index contributed by atoms with van der Waals surface area (Å²) < 4.78 is 5.68. The van der Waals surface area contributed by atoms with E-state index in [0.717, 1.165) is 25.6 Å². The minimum atomic E-state index is -0.307. The van der Waals surface area contributed by atoms with Gasteiger partial charge < -0.3 is 4.74 Å². The summed E-state index contributed by atoms with van der Waals surface area (Å²) in [7, 11) is 0. The van der Waals surface area contributed by atoms with Gasteiger partial charge >= 0.3 is 0 Å². The van der Waals surface area contributed by atoms with Crippen LogP contribution in [0.3, 0.4) is 0 Å². The number of carbonyl (C=O) groups excluding carboxylic acids is 1. The van der Waals surface area contributed by atoms with E-state index in [-0.39, 0.29) is 5.91 Å². The summed E-state index contributed by atoms with van der Waals surface area (Å²) in [6, 6.07) is 7.05. The van der Waals surface area contributed by atoms with E-state index in [1.54, 1.807) is 18.2 Å². The van der Waals surface area contributed by atoms with E-state index in [1.807, 2.05) is 6.07 Å². The standard InChI is InChI=1S/C14H21N3O2/c1-11-5-6-17(10-11)7-8-19-13-4-2-3-12(9-13)14(18)16-15/h2-4,9,11H,5-8,10,15H2,1H3,(H,16,18). The summed E-state index contributed by atoms with van der Waals surface area (Å²) in [5.74, 6) is 6.29. The summed E-state index contributed by atoms with van der Waals surface area (Å²) in [6.45, 7) is 6.15. The SMILES string of the molecule is CC1CCN(CCOc2cccc(C(=O)NN)c2)C1. The van der Waals surface area contributed by atoms with Gasteiger partial charge in [-0.25, -0.2) is 5.84 Å². The third-order valence-electron chi connectivity index (χ3n) is 3.41. The lowest BCUT2D eigenvalue weighted by molar-refractivity contribution is 0.0953. The molecule has 0 spiro atoms. The zero-order valence-electron chi connectivity index (χ0n) is 11.3. The predicted molar refractivity (Wildman–Crippen MR) is 73.8 cm³/mol. The molecule has 0 radical (unpaired) electrons. The fourth-order valence-corrected chi connectivity index (χ4v) is 2.33. The molecule has 104 valence electrons. The Morgan fingerprint density at radius 3 is 3.11 bits per heavy atom. The van der Waals surface area contributed by atoms with Gasteiger partial charge in [-0.05, 0) is 37.1 Å². The molecule has 1 amide bonds. The van der Waals surface area contributed by atoms with Crippen LogP contribution >= 0.6 is 0 Å². The number of hydrogen-bond acceptors (Lipinski definition) is 4. The van der Waals surface area contributed by atoms with E-state index in [1.165, 1.54) is 6.42 Å². The molecule has 1 aromatic carbocycles. The molecule has 19 heavy (non-hydrogen) atoms. The van der Waals surface area contributed by atoms with Crippen LogP contribution < -0.4 is 16.0 Å². The first-order chi connectivity index (χ1) is 9.19. The number of nitrogen functional groups attached to an aromatic ring is 1. The highest BCUT2D eigenvalue weighted by Gasteiger charge is 2.17. The van der Waals surface area contributed by atoms with Crippen molar-refractivity contribution in [2.45, 2.75) is 13.3 Å². The first-order valence-corrected chi connectivity index (χ1v) is 6.65. The Kier molecular flexibility index (Phi) is 4.76. The molecular formula is C14H21N3O2. The van der Waals surface area contributed by atoms with Crippen LogP contribution in [0.5, 0.6) is 5.75 Å². The smallest absolute Gasteiger partial charge is 0.265 e. The second-order valence-electron chi connectivity index (χ2n) is 5.04. The van der Waals surface area contributed by atoms with Crippen LogP contribution in [0.4, 0.5) is 0 Å². The number of nitrogens with one attached hydrogen (secondary N) is 1. The lowest BCUT2D eigenvalue weighted by Crippen LogP contribution is -2.30. The predicted octanol–water partition coefficient (Wildman–Crippen LogP) is 1.01. The van der Waals surface area contributed by atoms with Crippen LogP contribution in [0.15, 0.2) is 24.3 Å². The van der Waals surface area contributed by atoms with Crippen LogP contribution in [0.25, 0.3) is 0 Å². The summed E-state index contributed by atoms with van der Waals surface area (Å²) in [4.78, 5) is 13.8. The van der Waals surface area contributed by atoms with E-state index in [0.29, 0.717) is 17.9 Å². The molecule has 0 aliphatic carbocycles. The first kappa shape index (κ1) is 13.8. The Bertz CT molecular complexity index is 436. The second kappa shape index (κ2) is 6.54. The van der Waals surface area contributed by atoms with Gasteiger partial charge in [0, 0.05) is 18.7 Å². The minimum absolute atomic E-state index is 0.307. The minimum Gasteiger partial charge on any atom is -0.492 e. The number of likely N-dealkylation sites (tertiary alicyclic amines) is 1. The number of benzene rings is 1. The van der Waals surface area contributed by atoms with Crippen molar-refractivity contribution in [1.29, 1.82) is 0 Å². The normalized spacial score (nSPS) is 19.4. The van der Waals surface area contributed by atoms with Crippen molar-refractivity contribution in [1.82, 2.24) is 10.3 Å². The van der Waals surface area contributed by atoms with Gasteiger partial charge in [0.05, 0.1) is 0 Å². The number of nitrogens with two attached hydrogens (primary N) is 1. The van der Waals surface area contributed by atoms with Gasteiger partial charge in [0.1, 0.15) is 12.4 Å².